The van der Waals surface area contributed by atoms with Gasteiger partial charge in [-0.3, -0.25) is 24.7 Å². The van der Waals surface area contributed by atoms with Gasteiger partial charge in [0, 0.05) is 31.9 Å². The van der Waals surface area contributed by atoms with Crippen LogP contribution < -0.4 is 5.32 Å². The Morgan fingerprint density at radius 1 is 1.16 bits per heavy atom. The van der Waals surface area contributed by atoms with Crippen molar-refractivity contribution in [3.63, 3.8) is 0 Å². The van der Waals surface area contributed by atoms with Crippen LogP contribution in [0.25, 0.3) is 0 Å². The smallest absolute Gasteiger partial charge is 0.298 e. The zero-order valence-corrected chi connectivity index (χ0v) is 15.2. The van der Waals surface area contributed by atoms with E-state index < -0.39 is 11.9 Å². The minimum absolute atomic E-state index is 0.104. The van der Waals surface area contributed by atoms with Gasteiger partial charge in [-0.25, -0.2) is 9.79 Å². The highest BCUT2D eigenvalue weighted by Crippen LogP contribution is 2.51. The fourth-order valence-electron chi connectivity index (χ4n) is 5.61. The standard InChI is InChI=1S/C18H26N4O3/c1-4-5-6-18-9-21-7-17(3,15(18)24)8-22(10-18)14(21)12-11(2)19-16(25)20-13(12)23/h12,14H,4-10H2,1-3H3,(H,20,23,25). The minimum Gasteiger partial charge on any atom is -0.298 e. The maximum atomic E-state index is 13.2. The Bertz CT molecular complexity index is 670. The van der Waals surface area contributed by atoms with Crippen LogP contribution in [-0.2, 0) is 9.59 Å². The molecule has 5 aliphatic rings. The van der Waals surface area contributed by atoms with Crippen molar-refractivity contribution in [2.45, 2.75) is 46.2 Å². The summed E-state index contributed by atoms with van der Waals surface area (Å²) in [6, 6.07) is -0.575. The summed E-state index contributed by atoms with van der Waals surface area (Å²) in [7, 11) is 0. The number of ketones is 1. The van der Waals surface area contributed by atoms with Crippen molar-refractivity contribution in [2.75, 3.05) is 26.2 Å². The number of imide groups is 1. The molecule has 0 aromatic heterocycles. The molecule has 5 rings (SSSR count). The lowest BCUT2D eigenvalue weighted by molar-refractivity contribution is -0.204. The van der Waals surface area contributed by atoms with E-state index >= 15 is 0 Å². The first-order valence-electron chi connectivity index (χ1n) is 9.23. The third-order valence-electron chi connectivity index (χ3n) is 6.44. The molecule has 3 amide bonds. The first-order valence-corrected chi connectivity index (χ1v) is 9.23. The molecule has 5 aliphatic heterocycles. The molecule has 3 unspecified atom stereocenters. The lowest BCUT2D eigenvalue weighted by Crippen LogP contribution is -2.80. The first-order chi connectivity index (χ1) is 11.8. The van der Waals surface area contributed by atoms with Crippen LogP contribution in [0, 0.1) is 16.7 Å². The van der Waals surface area contributed by atoms with Gasteiger partial charge in [0.1, 0.15) is 11.7 Å². The number of aliphatic imine (C=N–C) groups is 1. The van der Waals surface area contributed by atoms with Crippen LogP contribution in [0.1, 0.15) is 40.0 Å². The van der Waals surface area contributed by atoms with E-state index in [2.05, 4.69) is 34.0 Å². The van der Waals surface area contributed by atoms with Crippen molar-refractivity contribution < 1.29 is 14.4 Å². The van der Waals surface area contributed by atoms with Crippen LogP contribution >= 0.6 is 0 Å². The van der Waals surface area contributed by atoms with E-state index in [9.17, 15) is 14.4 Å². The van der Waals surface area contributed by atoms with E-state index in [1.165, 1.54) is 0 Å². The van der Waals surface area contributed by atoms with Gasteiger partial charge in [-0.05, 0) is 13.3 Å². The molecule has 0 saturated carbocycles. The summed E-state index contributed by atoms with van der Waals surface area (Å²) in [5.74, 6) is -0.304. The topological polar surface area (TPSA) is 82.1 Å². The highest BCUT2D eigenvalue weighted by atomic mass is 16.2. The molecule has 136 valence electrons. The summed E-state index contributed by atoms with van der Waals surface area (Å²) in [5.41, 5.74) is -0.0819. The molecule has 0 aliphatic carbocycles. The Kier molecular flexibility index (Phi) is 3.67. The highest BCUT2D eigenvalue weighted by Gasteiger charge is 2.65. The second-order valence-electron chi connectivity index (χ2n) is 8.52. The van der Waals surface area contributed by atoms with Crippen molar-refractivity contribution in [1.29, 1.82) is 0 Å². The number of nitrogens with zero attached hydrogens (tertiary/aromatic N) is 3. The van der Waals surface area contributed by atoms with Crippen molar-refractivity contribution in [2.24, 2.45) is 21.7 Å². The quantitative estimate of drug-likeness (QED) is 0.822. The maximum absolute atomic E-state index is 13.2. The van der Waals surface area contributed by atoms with Crippen LogP contribution in [-0.4, -0.2) is 65.6 Å². The number of rotatable bonds is 4. The minimum atomic E-state index is -0.575. The van der Waals surface area contributed by atoms with Crippen molar-refractivity contribution >= 4 is 23.4 Å². The molecule has 25 heavy (non-hydrogen) atoms. The van der Waals surface area contributed by atoms with Gasteiger partial charge >= 0.3 is 6.03 Å². The summed E-state index contributed by atoms with van der Waals surface area (Å²) in [6.07, 6.45) is 2.94. The van der Waals surface area contributed by atoms with Gasteiger partial charge in [0.2, 0.25) is 5.91 Å². The van der Waals surface area contributed by atoms with Gasteiger partial charge in [0.25, 0.3) is 0 Å². The van der Waals surface area contributed by atoms with Crippen LogP contribution in [0.15, 0.2) is 4.99 Å². The van der Waals surface area contributed by atoms with Gasteiger partial charge in [0.05, 0.1) is 17.0 Å². The third-order valence-corrected chi connectivity index (χ3v) is 6.44. The van der Waals surface area contributed by atoms with Crippen molar-refractivity contribution in [1.82, 2.24) is 15.1 Å². The number of carbonyl (C=O) groups excluding carboxylic acids is 3. The molecule has 0 aromatic rings. The Hall–Kier alpha value is -1.60. The van der Waals surface area contributed by atoms with Crippen LogP contribution in [0.5, 0.6) is 0 Å². The highest BCUT2D eigenvalue weighted by molar-refractivity contribution is 6.16. The average Bonchev–Trinajstić information content (AvgIpc) is 2.51. The lowest BCUT2D eigenvalue weighted by atomic mass is 9.59. The zero-order chi connectivity index (χ0) is 18.0. The number of Topliss-reactive ketones (excluding diaryl/α,β-unsaturated/α-hetero) is 1. The molecule has 7 heteroatoms. The number of piperidine rings is 2. The molecule has 4 bridgehead atoms. The molecular weight excluding hydrogens is 320 g/mol. The van der Waals surface area contributed by atoms with Gasteiger partial charge in [-0.2, -0.15) is 0 Å². The van der Waals surface area contributed by atoms with Crippen LogP contribution in [0.4, 0.5) is 4.79 Å². The number of amides is 3. The van der Waals surface area contributed by atoms with Gasteiger partial charge < -0.3 is 0 Å². The Morgan fingerprint density at radius 2 is 1.80 bits per heavy atom. The molecule has 4 saturated heterocycles. The molecule has 5 heterocycles. The SMILES string of the molecule is CCCCC12CN3CC(C)(CN(C1)C3C1C(=O)NC(=O)N=C1C)C2=O. The summed E-state index contributed by atoms with van der Waals surface area (Å²) in [6.45, 7) is 8.78. The fourth-order valence-corrected chi connectivity index (χ4v) is 5.61. The van der Waals surface area contributed by atoms with E-state index in [0.717, 1.165) is 19.3 Å². The Morgan fingerprint density at radius 3 is 2.36 bits per heavy atom. The molecule has 0 aromatic carbocycles. The van der Waals surface area contributed by atoms with Crippen molar-refractivity contribution in [3.05, 3.63) is 0 Å². The number of unbranched alkanes of at least 4 members (excludes halogenated alkanes) is 1. The average molecular weight is 346 g/mol. The van der Waals surface area contributed by atoms with E-state index in [-0.39, 0.29) is 22.9 Å². The van der Waals surface area contributed by atoms with E-state index in [1.807, 2.05) is 0 Å². The molecule has 3 atom stereocenters. The normalized spacial score (nSPS) is 45.6. The third kappa shape index (κ3) is 2.32. The molecule has 4 fully saturated rings. The molecule has 0 spiro atoms. The summed E-state index contributed by atoms with van der Waals surface area (Å²) >= 11 is 0. The number of hydrogen-bond acceptors (Lipinski definition) is 5. The predicted octanol–water partition coefficient (Wildman–Crippen LogP) is 1.04. The maximum Gasteiger partial charge on any atom is 0.347 e. The van der Waals surface area contributed by atoms with E-state index in [0.29, 0.717) is 37.7 Å². The van der Waals surface area contributed by atoms with Crippen LogP contribution in [0.3, 0.4) is 0 Å². The van der Waals surface area contributed by atoms with E-state index in [4.69, 9.17) is 0 Å². The van der Waals surface area contributed by atoms with Gasteiger partial charge in [0.15, 0.2) is 0 Å². The molecule has 1 N–H and O–H groups in total. The first kappa shape index (κ1) is 16.8. The Balaban J connectivity index is 1.68. The summed E-state index contributed by atoms with van der Waals surface area (Å²) in [4.78, 5) is 45.7. The summed E-state index contributed by atoms with van der Waals surface area (Å²) < 4.78 is 0. The summed E-state index contributed by atoms with van der Waals surface area (Å²) in [5, 5.41) is 2.35. The van der Waals surface area contributed by atoms with Gasteiger partial charge in [-0.15, -0.1) is 0 Å². The monoisotopic (exact) mass is 346 g/mol. The lowest BCUT2D eigenvalue weighted by Gasteiger charge is -2.66. The molecule has 0 radical (unpaired) electrons. The van der Waals surface area contributed by atoms with Crippen molar-refractivity contribution in [3.8, 4) is 0 Å². The number of hydrogen-bond donors (Lipinski definition) is 1. The van der Waals surface area contributed by atoms with Gasteiger partial charge in [-0.1, -0.05) is 26.7 Å². The largest absolute Gasteiger partial charge is 0.347 e. The fraction of sp³-hybridized carbons (Fsp3) is 0.778. The second kappa shape index (κ2) is 5.45. The van der Waals surface area contributed by atoms with Crippen LogP contribution in [0.2, 0.25) is 0 Å². The van der Waals surface area contributed by atoms with E-state index in [1.54, 1.807) is 6.92 Å². The predicted molar refractivity (Wildman–Crippen MR) is 92.1 cm³/mol. The molecular formula is C18H26N4O3. The second-order valence-corrected chi connectivity index (χ2v) is 8.52. The molecule has 7 nitrogen and oxygen atoms in total. The number of urea groups is 1. The number of carbonyl (C=O) groups is 3. The number of nitrogens with one attached hydrogen (secondary N) is 1. The zero-order valence-electron chi connectivity index (χ0n) is 15.2. The Labute approximate surface area is 147 Å².